The fourth-order valence-electron chi connectivity index (χ4n) is 4.06. The van der Waals surface area contributed by atoms with E-state index < -0.39 is 13.9 Å². The number of alkyl halides is 1. The summed E-state index contributed by atoms with van der Waals surface area (Å²) in [7, 11) is -0.389. The van der Waals surface area contributed by atoms with Crippen LogP contribution in [0.3, 0.4) is 0 Å². The Hall–Kier alpha value is -2.68. The molecule has 2 nitrogen and oxygen atoms in total. The van der Waals surface area contributed by atoms with Crippen molar-refractivity contribution in [3.63, 3.8) is 0 Å². The van der Waals surface area contributed by atoms with Crippen molar-refractivity contribution in [2.75, 3.05) is 20.4 Å². The number of rotatable bonds is 9. The van der Waals surface area contributed by atoms with Crippen LogP contribution in [0.2, 0.25) is 0 Å². The lowest BCUT2D eigenvalue weighted by Gasteiger charge is -2.28. The molecule has 0 aromatic heterocycles. The monoisotopic (exact) mass is 524 g/mol. The summed E-state index contributed by atoms with van der Waals surface area (Å²) in [5, 5.41) is 3.80. The van der Waals surface area contributed by atoms with Gasteiger partial charge in [0.2, 0.25) is 0 Å². The molecular weight excluding hydrogens is 498 g/mol. The highest BCUT2D eigenvalue weighted by Gasteiger charge is 2.45. The molecule has 4 rings (SSSR count). The Bertz CT molecular complexity index is 1080. The summed E-state index contributed by atoms with van der Waals surface area (Å²) >= 11 is 0. The lowest BCUT2D eigenvalue weighted by molar-refractivity contribution is -0.00000742. The topological polar surface area (TPSA) is 18.5 Å². The summed E-state index contributed by atoms with van der Waals surface area (Å²) in [4.78, 5) is 0. The van der Waals surface area contributed by atoms with Gasteiger partial charge < -0.3 is 26.5 Å². The molecule has 4 aromatic carbocycles. The average Bonchev–Trinajstić information content (AvgIpc) is 2.87. The Kier molecular flexibility index (Phi) is 9.05. The summed E-state index contributed by atoms with van der Waals surface area (Å²) in [6, 6.07) is 37.9. The third kappa shape index (κ3) is 5.63. The van der Waals surface area contributed by atoms with E-state index in [1.807, 2.05) is 24.3 Å². The first kappa shape index (κ1) is 25.0. The van der Waals surface area contributed by atoms with Gasteiger partial charge in [-0.05, 0) is 54.1 Å². The van der Waals surface area contributed by atoms with Gasteiger partial charge >= 0.3 is 0 Å². The number of halogens is 2. The van der Waals surface area contributed by atoms with Gasteiger partial charge in [0.05, 0.1) is 13.3 Å². The van der Waals surface area contributed by atoms with Crippen molar-refractivity contribution < 1.29 is 30.8 Å². The molecule has 0 fully saturated rings. The van der Waals surface area contributed by atoms with E-state index in [1.165, 1.54) is 21.5 Å². The summed E-state index contributed by atoms with van der Waals surface area (Å²) in [5.74, 6) is 1.55. The zero-order valence-corrected chi connectivity index (χ0v) is 21.0. The third-order valence-electron chi connectivity index (χ3n) is 5.58. The fraction of sp³-hybridized carbons (Fsp3) is 0.143. The molecule has 0 saturated heterocycles. The van der Waals surface area contributed by atoms with E-state index in [4.69, 9.17) is 9.47 Å². The Morgan fingerprint density at radius 2 is 1.24 bits per heavy atom. The minimum absolute atomic E-state index is 0. The van der Waals surface area contributed by atoms with Gasteiger partial charge in [-0.1, -0.05) is 54.6 Å². The Labute approximate surface area is 206 Å². The quantitative estimate of drug-likeness (QED) is 0.313. The summed E-state index contributed by atoms with van der Waals surface area (Å²) in [5.41, 5.74) is 1.24. The maximum atomic E-state index is 12.8. The van der Waals surface area contributed by atoms with Crippen molar-refractivity contribution in [1.82, 2.24) is 0 Å². The average molecular weight is 525 g/mol. The maximum Gasteiger partial charge on any atom is 0.123 e. The van der Waals surface area contributed by atoms with Crippen molar-refractivity contribution in [1.29, 1.82) is 0 Å². The van der Waals surface area contributed by atoms with E-state index in [9.17, 15) is 4.39 Å². The molecule has 0 spiro atoms. The molecule has 0 N–H and O–H groups in total. The van der Waals surface area contributed by atoms with Crippen LogP contribution in [0.1, 0.15) is 5.56 Å². The van der Waals surface area contributed by atoms with Crippen LogP contribution in [-0.2, 0) is 6.16 Å². The van der Waals surface area contributed by atoms with E-state index in [-0.39, 0.29) is 23.6 Å². The highest BCUT2D eigenvalue weighted by atomic mass is 79.9. The first-order chi connectivity index (χ1) is 15.8. The number of benzene rings is 4. The van der Waals surface area contributed by atoms with E-state index in [1.54, 1.807) is 7.11 Å². The van der Waals surface area contributed by atoms with Gasteiger partial charge in [-0.2, -0.15) is 0 Å². The highest BCUT2D eigenvalue weighted by molar-refractivity contribution is 7.95. The zero-order valence-electron chi connectivity index (χ0n) is 18.5. The van der Waals surface area contributed by atoms with Crippen molar-refractivity contribution in [3.8, 4) is 11.5 Å². The van der Waals surface area contributed by atoms with Gasteiger partial charge in [0.25, 0.3) is 0 Å². The van der Waals surface area contributed by atoms with Gasteiger partial charge in [0.15, 0.2) is 0 Å². The van der Waals surface area contributed by atoms with Gasteiger partial charge in [0.1, 0.15) is 48.0 Å². The van der Waals surface area contributed by atoms with Crippen LogP contribution in [-0.4, -0.2) is 20.4 Å². The largest absolute Gasteiger partial charge is 1.00 e. The second-order valence-electron chi connectivity index (χ2n) is 7.52. The number of ether oxygens (including phenoxy) is 2. The molecule has 0 aliphatic rings. The Morgan fingerprint density at radius 3 is 1.79 bits per heavy atom. The van der Waals surface area contributed by atoms with Crippen LogP contribution >= 0.6 is 7.26 Å². The molecule has 0 atom stereocenters. The lowest BCUT2D eigenvalue weighted by atomic mass is 10.2. The zero-order chi connectivity index (χ0) is 22.2. The molecule has 0 radical (unpaired) electrons. The smallest absolute Gasteiger partial charge is 0.123 e. The normalized spacial score (nSPS) is 10.8. The molecule has 0 amide bonds. The van der Waals surface area contributed by atoms with E-state index in [2.05, 4.69) is 84.9 Å². The van der Waals surface area contributed by atoms with Crippen molar-refractivity contribution in [2.24, 2.45) is 0 Å². The molecule has 0 heterocycles. The number of methoxy groups -OCH3 is 1. The molecule has 0 bridgehead atoms. The van der Waals surface area contributed by atoms with Crippen molar-refractivity contribution in [2.45, 2.75) is 6.16 Å². The summed E-state index contributed by atoms with van der Waals surface area (Å²) < 4.78 is 23.8. The molecule has 0 unspecified atom stereocenters. The molecule has 5 heteroatoms. The van der Waals surface area contributed by atoms with Gasteiger partial charge in [-0.3, -0.25) is 0 Å². The standard InChI is InChI=1S/C28H27FO2P.BrH/c1-30-24-17-15-23(16-18-24)22-32(26-10-4-2-5-11-26,27-12-6-3-7-13-27)28-14-8-9-25(21-28)31-20-19-29;/h2-18,21H,19-20,22H2,1H3;1H/q+1;/p-1. The Morgan fingerprint density at radius 1 is 0.667 bits per heavy atom. The van der Waals surface area contributed by atoms with E-state index >= 15 is 0 Å². The maximum absolute atomic E-state index is 12.8. The number of hydrogen-bond acceptors (Lipinski definition) is 2. The van der Waals surface area contributed by atoms with Crippen LogP contribution in [0, 0.1) is 0 Å². The van der Waals surface area contributed by atoms with Crippen LogP contribution in [0.5, 0.6) is 11.5 Å². The van der Waals surface area contributed by atoms with Gasteiger partial charge in [0, 0.05) is 6.07 Å². The van der Waals surface area contributed by atoms with E-state index in [0.29, 0.717) is 5.75 Å². The first-order valence-corrected chi connectivity index (χ1v) is 12.7. The predicted octanol–water partition coefficient (Wildman–Crippen LogP) is 2.54. The highest BCUT2D eigenvalue weighted by Crippen LogP contribution is 2.58. The van der Waals surface area contributed by atoms with Crippen LogP contribution < -0.4 is 42.4 Å². The second-order valence-corrected chi connectivity index (χ2v) is 11.0. The van der Waals surface area contributed by atoms with E-state index in [0.717, 1.165) is 11.9 Å². The third-order valence-corrected chi connectivity index (χ3v) is 9.94. The predicted molar refractivity (Wildman–Crippen MR) is 133 cm³/mol. The minimum atomic E-state index is -2.07. The van der Waals surface area contributed by atoms with Gasteiger partial charge in [-0.25, -0.2) is 4.39 Å². The molecule has 0 saturated carbocycles. The van der Waals surface area contributed by atoms with Crippen LogP contribution in [0.15, 0.2) is 109 Å². The molecule has 33 heavy (non-hydrogen) atoms. The van der Waals surface area contributed by atoms with Gasteiger partial charge in [-0.15, -0.1) is 0 Å². The summed E-state index contributed by atoms with van der Waals surface area (Å²) in [6.07, 6.45) is 0.859. The SMILES string of the molecule is COc1ccc(C[P+](c2ccccc2)(c2ccccc2)c2cccc(OCCF)c2)cc1.[Br-]. The lowest BCUT2D eigenvalue weighted by Crippen LogP contribution is -3.00. The molecule has 0 aliphatic carbocycles. The summed E-state index contributed by atoms with van der Waals surface area (Å²) in [6.45, 7) is -0.447. The minimum Gasteiger partial charge on any atom is -1.00 e. The Balaban J connectivity index is 0.00000306. The first-order valence-electron chi connectivity index (χ1n) is 10.7. The molecule has 4 aromatic rings. The molecule has 170 valence electrons. The van der Waals surface area contributed by atoms with Crippen LogP contribution in [0.4, 0.5) is 4.39 Å². The van der Waals surface area contributed by atoms with Crippen molar-refractivity contribution in [3.05, 3.63) is 115 Å². The number of hydrogen-bond donors (Lipinski definition) is 0. The molecular formula is C28H27BrFO2P. The molecule has 0 aliphatic heterocycles. The fourth-order valence-corrected chi connectivity index (χ4v) is 8.31. The van der Waals surface area contributed by atoms with Crippen LogP contribution in [0.25, 0.3) is 0 Å². The van der Waals surface area contributed by atoms with Crippen molar-refractivity contribution >= 4 is 23.2 Å². The second kappa shape index (κ2) is 12.0.